The van der Waals surface area contributed by atoms with Crippen molar-refractivity contribution < 1.29 is 33.9 Å². The zero-order chi connectivity index (χ0) is 28.7. The first-order valence-electron chi connectivity index (χ1n) is 12.1. The topological polar surface area (TPSA) is 263 Å². The predicted octanol–water partition coefficient (Wildman–Crippen LogP) is -2.63. The van der Waals surface area contributed by atoms with Crippen LogP contribution in [0.3, 0.4) is 0 Å². The van der Waals surface area contributed by atoms with Crippen molar-refractivity contribution in [2.75, 3.05) is 6.54 Å². The summed E-state index contributed by atoms with van der Waals surface area (Å²) in [5, 5.41) is 16.7. The summed E-state index contributed by atoms with van der Waals surface area (Å²) < 4.78 is 0. The van der Waals surface area contributed by atoms with E-state index in [-0.39, 0.29) is 25.7 Å². The molecule has 1 aromatic carbocycles. The van der Waals surface area contributed by atoms with Gasteiger partial charge in [0, 0.05) is 12.8 Å². The smallest absolute Gasteiger partial charge is 0.326 e. The predicted molar refractivity (Wildman–Crippen MR) is 137 cm³/mol. The van der Waals surface area contributed by atoms with E-state index in [1.165, 1.54) is 0 Å². The highest BCUT2D eigenvalue weighted by molar-refractivity contribution is 5.95. The van der Waals surface area contributed by atoms with Gasteiger partial charge < -0.3 is 44.0 Å². The molecule has 5 amide bonds. The quantitative estimate of drug-likeness (QED) is 0.0912. The van der Waals surface area contributed by atoms with Gasteiger partial charge in [-0.3, -0.25) is 24.0 Å². The number of benzene rings is 1. The van der Waals surface area contributed by atoms with Crippen LogP contribution < -0.4 is 38.9 Å². The maximum absolute atomic E-state index is 13.2. The Bertz CT molecular complexity index is 974. The molecule has 12 N–H and O–H groups in total. The van der Waals surface area contributed by atoms with Crippen LogP contribution in [0.15, 0.2) is 30.3 Å². The van der Waals surface area contributed by atoms with Crippen molar-refractivity contribution in [1.29, 1.82) is 0 Å². The third-order valence-electron chi connectivity index (χ3n) is 5.55. The monoisotopic (exact) mass is 535 g/mol. The van der Waals surface area contributed by atoms with Gasteiger partial charge in [0.1, 0.15) is 18.1 Å². The second-order valence-electron chi connectivity index (χ2n) is 8.78. The number of amides is 5. The van der Waals surface area contributed by atoms with Gasteiger partial charge in [0.2, 0.25) is 29.5 Å². The van der Waals surface area contributed by atoms with E-state index in [0.717, 1.165) is 0 Å². The van der Waals surface area contributed by atoms with Crippen molar-refractivity contribution >= 4 is 35.5 Å². The van der Waals surface area contributed by atoms with E-state index in [0.29, 0.717) is 24.9 Å². The van der Waals surface area contributed by atoms with E-state index >= 15 is 0 Å². The minimum Gasteiger partial charge on any atom is -0.480 e. The van der Waals surface area contributed by atoms with Gasteiger partial charge in [0.25, 0.3) is 0 Å². The lowest BCUT2D eigenvalue weighted by molar-refractivity contribution is -0.143. The molecule has 0 fully saturated rings. The summed E-state index contributed by atoms with van der Waals surface area (Å²) in [5.41, 5.74) is 22.2. The zero-order valence-electron chi connectivity index (χ0n) is 21.1. The highest BCUT2D eigenvalue weighted by atomic mass is 16.4. The van der Waals surface area contributed by atoms with Gasteiger partial charge in [-0.15, -0.1) is 0 Å². The SMILES string of the molecule is NCCCCC(NC(=O)C(N)CCC(N)=O)C(=O)NC(Cc1ccccc1)C(=O)NC(CC(N)=O)C(=O)O. The molecule has 1 aromatic rings. The second-order valence-corrected chi connectivity index (χ2v) is 8.78. The first-order chi connectivity index (χ1) is 17.9. The number of aliphatic carboxylic acids is 1. The fourth-order valence-corrected chi connectivity index (χ4v) is 3.47. The van der Waals surface area contributed by atoms with E-state index in [1.54, 1.807) is 30.3 Å². The summed E-state index contributed by atoms with van der Waals surface area (Å²) in [7, 11) is 0. The Labute approximate surface area is 220 Å². The van der Waals surface area contributed by atoms with E-state index in [4.69, 9.17) is 22.9 Å². The minimum absolute atomic E-state index is 0.0110. The van der Waals surface area contributed by atoms with Crippen LogP contribution in [-0.2, 0) is 35.2 Å². The Hall–Kier alpha value is -4.04. The molecule has 38 heavy (non-hydrogen) atoms. The van der Waals surface area contributed by atoms with Crippen LogP contribution in [0, 0.1) is 0 Å². The molecular weight excluding hydrogens is 498 g/mol. The zero-order valence-corrected chi connectivity index (χ0v) is 21.1. The van der Waals surface area contributed by atoms with Gasteiger partial charge in [-0.25, -0.2) is 4.79 Å². The first-order valence-corrected chi connectivity index (χ1v) is 12.1. The Morgan fingerprint density at radius 3 is 1.89 bits per heavy atom. The van der Waals surface area contributed by atoms with Crippen LogP contribution in [0.25, 0.3) is 0 Å². The molecule has 0 aliphatic carbocycles. The third kappa shape index (κ3) is 12.3. The molecule has 0 aliphatic rings. The molecule has 0 aliphatic heterocycles. The number of primary amides is 2. The maximum Gasteiger partial charge on any atom is 0.326 e. The first kappa shape index (κ1) is 32.0. The number of unbranched alkanes of at least 4 members (excludes halogenated alkanes) is 1. The summed E-state index contributed by atoms with van der Waals surface area (Å²) in [5.74, 6) is -5.29. The molecule has 0 bridgehead atoms. The molecule has 0 aromatic heterocycles. The fraction of sp³-hybridized carbons (Fsp3) is 0.500. The van der Waals surface area contributed by atoms with Crippen LogP contribution in [0.1, 0.15) is 44.1 Å². The average molecular weight is 536 g/mol. The summed E-state index contributed by atoms with van der Waals surface area (Å²) in [6, 6.07) is 3.59. The number of carbonyl (C=O) groups is 6. The summed E-state index contributed by atoms with van der Waals surface area (Å²) >= 11 is 0. The van der Waals surface area contributed by atoms with E-state index < -0.39 is 66.1 Å². The highest BCUT2D eigenvalue weighted by Gasteiger charge is 2.31. The van der Waals surface area contributed by atoms with Crippen LogP contribution in [0.2, 0.25) is 0 Å². The molecule has 0 saturated carbocycles. The van der Waals surface area contributed by atoms with Gasteiger partial charge in [-0.05, 0) is 37.8 Å². The number of nitrogens with two attached hydrogens (primary N) is 4. The Balaban J connectivity index is 3.10. The van der Waals surface area contributed by atoms with E-state index in [1.807, 2.05) is 0 Å². The lowest BCUT2D eigenvalue weighted by atomic mass is 10.0. The van der Waals surface area contributed by atoms with Crippen molar-refractivity contribution in [1.82, 2.24) is 16.0 Å². The molecule has 0 radical (unpaired) electrons. The average Bonchev–Trinajstić information content (AvgIpc) is 2.85. The van der Waals surface area contributed by atoms with Crippen molar-refractivity contribution in [2.24, 2.45) is 22.9 Å². The van der Waals surface area contributed by atoms with Crippen molar-refractivity contribution in [3.63, 3.8) is 0 Å². The largest absolute Gasteiger partial charge is 0.480 e. The number of hydrogen-bond donors (Lipinski definition) is 8. The Kier molecular flexibility index (Phi) is 14.0. The summed E-state index contributed by atoms with van der Waals surface area (Å²) in [6.07, 6.45) is 0.421. The normalized spacial score (nSPS) is 13.8. The number of hydrogen-bond acceptors (Lipinski definition) is 8. The number of carboxylic acid groups (broad SMARTS) is 1. The van der Waals surface area contributed by atoms with Gasteiger partial charge in [-0.1, -0.05) is 30.3 Å². The van der Waals surface area contributed by atoms with Crippen LogP contribution in [0.4, 0.5) is 0 Å². The lowest BCUT2D eigenvalue weighted by Crippen LogP contribution is -2.57. The van der Waals surface area contributed by atoms with Crippen LogP contribution in [0.5, 0.6) is 0 Å². The van der Waals surface area contributed by atoms with Crippen molar-refractivity contribution in [3.8, 4) is 0 Å². The Morgan fingerprint density at radius 1 is 0.763 bits per heavy atom. The number of carboxylic acids is 1. The van der Waals surface area contributed by atoms with Gasteiger partial charge >= 0.3 is 5.97 Å². The minimum atomic E-state index is -1.60. The second kappa shape index (κ2) is 16.7. The fourth-order valence-electron chi connectivity index (χ4n) is 3.47. The van der Waals surface area contributed by atoms with Crippen LogP contribution >= 0.6 is 0 Å². The number of nitrogens with one attached hydrogen (secondary N) is 3. The summed E-state index contributed by atoms with van der Waals surface area (Å²) in [6.45, 7) is 0.357. The molecule has 4 atom stereocenters. The molecule has 4 unspecified atom stereocenters. The molecule has 14 nitrogen and oxygen atoms in total. The highest BCUT2D eigenvalue weighted by Crippen LogP contribution is 2.08. The molecule has 0 saturated heterocycles. The van der Waals surface area contributed by atoms with E-state index in [2.05, 4.69) is 16.0 Å². The van der Waals surface area contributed by atoms with Gasteiger partial charge in [0.15, 0.2) is 0 Å². The van der Waals surface area contributed by atoms with Gasteiger partial charge in [0.05, 0.1) is 12.5 Å². The Morgan fingerprint density at radius 2 is 1.34 bits per heavy atom. The van der Waals surface area contributed by atoms with Gasteiger partial charge in [-0.2, -0.15) is 0 Å². The third-order valence-corrected chi connectivity index (χ3v) is 5.55. The molecule has 14 heteroatoms. The molecule has 210 valence electrons. The number of carbonyl (C=O) groups excluding carboxylic acids is 5. The molecular formula is C24H37N7O7. The van der Waals surface area contributed by atoms with Crippen molar-refractivity contribution in [2.45, 2.75) is 69.1 Å². The van der Waals surface area contributed by atoms with Crippen molar-refractivity contribution in [3.05, 3.63) is 35.9 Å². The number of rotatable bonds is 18. The lowest BCUT2D eigenvalue weighted by Gasteiger charge is -2.25. The molecule has 1 rings (SSSR count). The van der Waals surface area contributed by atoms with E-state index in [9.17, 15) is 33.9 Å². The van der Waals surface area contributed by atoms with Crippen LogP contribution in [-0.4, -0.2) is 71.3 Å². The summed E-state index contributed by atoms with van der Waals surface area (Å²) in [4.78, 5) is 72.6. The maximum atomic E-state index is 13.2. The molecule has 0 heterocycles. The molecule has 0 spiro atoms. The standard InChI is InChI=1S/C24H37N7O7/c25-11-5-4-8-16(29-21(34)15(26)9-10-19(27)32)22(35)30-17(12-14-6-2-1-3-7-14)23(36)31-18(24(37)38)13-20(28)33/h1-3,6-7,15-18H,4-5,8-13,25-26H2,(H2,27,32)(H2,28,33)(H,29,34)(H,30,35)(H,31,36)(H,37,38).